The van der Waals surface area contributed by atoms with E-state index in [4.69, 9.17) is 9.47 Å². The number of aryl methyl sites for hydroxylation is 1. The summed E-state index contributed by atoms with van der Waals surface area (Å²) in [5, 5.41) is 2.81. The molecule has 0 bridgehead atoms. The Balaban J connectivity index is 1.58. The number of anilines is 2. The highest BCUT2D eigenvalue weighted by molar-refractivity contribution is 8.00. The number of methoxy groups -OCH3 is 2. The lowest BCUT2D eigenvalue weighted by molar-refractivity contribution is -0.113. The van der Waals surface area contributed by atoms with Crippen LogP contribution in [0.15, 0.2) is 76.5 Å². The molecule has 9 heteroatoms. The second-order valence-electron chi connectivity index (χ2n) is 6.85. The molecule has 0 saturated carbocycles. The summed E-state index contributed by atoms with van der Waals surface area (Å²) in [5.74, 6) is 1.12. The molecule has 0 unspecified atom stereocenters. The van der Waals surface area contributed by atoms with Crippen LogP contribution < -0.4 is 19.5 Å². The molecule has 3 rings (SSSR count). The predicted molar refractivity (Wildman–Crippen MR) is 127 cm³/mol. The Morgan fingerprint density at radius 1 is 0.938 bits per heavy atom. The van der Waals surface area contributed by atoms with Crippen LogP contribution >= 0.6 is 11.8 Å². The predicted octanol–water partition coefficient (Wildman–Crippen LogP) is 4.54. The maximum Gasteiger partial charge on any atom is 0.261 e. The monoisotopic (exact) mass is 472 g/mol. The van der Waals surface area contributed by atoms with Gasteiger partial charge in [0, 0.05) is 16.6 Å². The van der Waals surface area contributed by atoms with Crippen molar-refractivity contribution in [1.82, 2.24) is 0 Å². The Kier molecular flexibility index (Phi) is 7.66. The van der Waals surface area contributed by atoms with Gasteiger partial charge in [-0.05, 0) is 55.5 Å². The molecule has 7 nitrogen and oxygen atoms in total. The molecule has 168 valence electrons. The Labute approximate surface area is 192 Å². The Hall–Kier alpha value is -3.17. The zero-order valence-electron chi connectivity index (χ0n) is 17.9. The second kappa shape index (κ2) is 10.4. The van der Waals surface area contributed by atoms with E-state index in [0.717, 1.165) is 10.5 Å². The average Bonchev–Trinajstić information content (AvgIpc) is 2.78. The van der Waals surface area contributed by atoms with Crippen LogP contribution in [0.3, 0.4) is 0 Å². The summed E-state index contributed by atoms with van der Waals surface area (Å²) in [4.78, 5) is 13.4. The van der Waals surface area contributed by atoms with E-state index in [0.29, 0.717) is 22.9 Å². The maximum atomic E-state index is 12.5. The topological polar surface area (TPSA) is 93.7 Å². The van der Waals surface area contributed by atoms with Crippen molar-refractivity contribution in [2.75, 3.05) is 30.0 Å². The molecular formula is C23H24N2O5S2. The lowest BCUT2D eigenvalue weighted by Crippen LogP contribution is -2.14. The molecule has 2 N–H and O–H groups in total. The normalized spacial score (nSPS) is 11.0. The Morgan fingerprint density at radius 2 is 1.62 bits per heavy atom. The first-order valence-electron chi connectivity index (χ1n) is 9.65. The molecule has 0 spiro atoms. The van der Waals surface area contributed by atoms with Crippen molar-refractivity contribution in [3.05, 3.63) is 72.3 Å². The molecule has 0 aliphatic heterocycles. The van der Waals surface area contributed by atoms with Crippen molar-refractivity contribution in [2.24, 2.45) is 0 Å². The van der Waals surface area contributed by atoms with Gasteiger partial charge in [-0.3, -0.25) is 9.52 Å². The molecule has 0 heterocycles. The Bertz CT molecular complexity index is 1180. The van der Waals surface area contributed by atoms with E-state index in [9.17, 15) is 13.2 Å². The summed E-state index contributed by atoms with van der Waals surface area (Å²) in [6.07, 6.45) is 0. The summed E-state index contributed by atoms with van der Waals surface area (Å²) in [5.41, 5.74) is 1.96. The second-order valence-corrected chi connectivity index (χ2v) is 9.58. The zero-order chi connectivity index (χ0) is 23.1. The molecule has 32 heavy (non-hydrogen) atoms. The quantitative estimate of drug-likeness (QED) is 0.444. The van der Waals surface area contributed by atoms with Crippen LogP contribution in [0.5, 0.6) is 11.5 Å². The van der Waals surface area contributed by atoms with Crippen LogP contribution in [0, 0.1) is 6.92 Å². The number of hydrogen-bond donors (Lipinski definition) is 2. The highest BCUT2D eigenvalue weighted by atomic mass is 32.2. The van der Waals surface area contributed by atoms with Gasteiger partial charge in [-0.25, -0.2) is 8.42 Å². The van der Waals surface area contributed by atoms with E-state index in [-0.39, 0.29) is 16.6 Å². The third kappa shape index (κ3) is 6.18. The van der Waals surface area contributed by atoms with Crippen molar-refractivity contribution in [1.29, 1.82) is 0 Å². The minimum absolute atomic E-state index is 0.175. The summed E-state index contributed by atoms with van der Waals surface area (Å²) in [7, 11) is -0.581. The number of nitrogens with one attached hydrogen (secondary N) is 2. The van der Waals surface area contributed by atoms with Crippen LogP contribution in [-0.2, 0) is 14.8 Å². The molecule has 0 radical (unpaired) electrons. The first-order chi connectivity index (χ1) is 15.3. The molecule has 3 aromatic rings. The van der Waals surface area contributed by atoms with E-state index in [1.54, 1.807) is 73.8 Å². The van der Waals surface area contributed by atoms with Gasteiger partial charge in [-0.15, -0.1) is 11.8 Å². The maximum absolute atomic E-state index is 12.5. The van der Waals surface area contributed by atoms with Crippen LogP contribution in [0.25, 0.3) is 0 Å². The zero-order valence-corrected chi connectivity index (χ0v) is 19.5. The van der Waals surface area contributed by atoms with Gasteiger partial charge in [0.15, 0.2) is 0 Å². The standard InChI is InChI=1S/C23H24N2O5S2/c1-16-4-11-20(12-5-16)32(27,28)25-17-6-9-19(10-7-17)31-15-23(26)24-21-14-18(29-2)8-13-22(21)30-3/h4-14,25H,15H2,1-3H3,(H,24,26). The summed E-state index contributed by atoms with van der Waals surface area (Å²) in [6, 6.07) is 18.6. The number of carbonyl (C=O) groups is 1. The highest BCUT2D eigenvalue weighted by Gasteiger charge is 2.14. The van der Waals surface area contributed by atoms with Gasteiger partial charge in [0.1, 0.15) is 11.5 Å². The van der Waals surface area contributed by atoms with Crippen LogP contribution in [0.4, 0.5) is 11.4 Å². The van der Waals surface area contributed by atoms with Gasteiger partial charge in [-0.1, -0.05) is 17.7 Å². The molecular weight excluding hydrogens is 448 g/mol. The summed E-state index contributed by atoms with van der Waals surface area (Å²) < 4.78 is 38.0. The van der Waals surface area contributed by atoms with Crippen LogP contribution in [0.1, 0.15) is 5.56 Å². The van der Waals surface area contributed by atoms with Gasteiger partial charge >= 0.3 is 0 Å². The highest BCUT2D eigenvalue weighted by Crippen LogP contribution is 2.29. The van der Waals surface area contributed by atoms with Gasteiger partial charge in [0.25, 0.3) is 10.0 Å². The summed E-state index contributed by atoms with van der Waals surface area (Å²) >= 11 is 1.33. The largest absolute Gasteiger partial charge is 0.497 e. The van der Waals surface area contributed by atoms with E-state index in [1.165, 1.54) is 18.9 Å². The molecule has 0 aliphatic rings. The Morgan fingerprint density at radius 3 is 2.25 bits per heavy atom. The fourth-order valence-corrected chi connectivity index (χ4v) is 4.55. The van der Waals surface area contributed by atoms with E-state index in [2.05, 4.69) is 10.0 Å². The number of hydrogen-bond acceptors (Lipinski definition) is 6. The number of amides is 1. The fourth-order valence-electron chi connectivity index (χ4n) is 2.80. The molecule has 1 amide bonds. The number of rotatable bonds is 9. The summed E-state index contributed by atoms with van der Waals surface area (Å²) in [6.45, 7) is 1.90. The molecule has 0 aliphatic carbocycles. The van der Waals surface area contributed by atoms with E-state index in [1.807, 2.05) is 6.92 Å². The smallest absolute Gasteiger partial charge is 0.261 e. The van der Waals surface area contributed by atoms with Crippen molar-refractivity contribution in [3.8, 4) is 11.5 Å². The number of thioether (sulfide) groups is 1. The number of benzene rings is 3. The SMILES string of the molecule is COc1ccc(OC)c(NC(=O)CSc2ccc(NS(=O)(=O)c3ccc(C)cc3)cc2)c1. The van der Waals surface area contributed by atoms with Crippen molar-refractivity contribution in [2.45, 2.75) is 16.7 Å². The van der Waals surface area contributed by atoms with Crippen LogP contribution in [-0.4, -0.2) is 34.3 Å². The average molecular weight is 473 g/mol. The van der Waals surface area contributed by atoms with Crippen LogP contribution in [0.2, 0.25) is 0 Å². The molecule has 0 aromatic heterocycles. The lowest BCUT2D eigenvalue weighted by atomic mass is 10.2. The molecule has 0 atom stereocenters. The molecule has 0 saturated heterocycles. The van der Waals surface area contributed by atoms with Crippen molar-refractivity contribution >= 4 is 39.1 Å². The van der Waals surface area contributed by atoms with Crippen molar-refractivity contribution in [3.63, 3.8) is 0 Å². The minimum atomic E-state index is -3.66. The van der Waals surface area contributed by atoms with Gasteiger partial charge < -0.3 is 14.8 Å². The first-order valence-corrected chi connectivity index (χ1v) is 12.1. The number of ether oxygens (including phenoxy) is 2. The third-order valence-electron chi connectivity index (χ3n) is 4.49. The first kappa shape index (κ1) is 23.5. The van der Waals surface area contributed by atoms with Gasteiger partial charge in [0.05, 0.1) is 30.6 Å². The van der Waals surface area contributed by atoms with E-state index < -0.39 is 10.0 Å². The third-order valence-corrected chi connectivity index (χ3v) is 6.90. The molecule has 0 fully saturated rings. The van der Waals surface area contributed by atoms with Gasteiger partial charge in [-0.2, -0.15) is 0 Å². The fraction of sp³-hybridized carbons (Fsp3) is 0.174. The van der Waals surface area contributed by atoms with E-state index >= 15 is 0 Å². The van der Waals surface area contributed by atoms with Crippen molar-refractivity contribution < 1.29 is 22.7 Å². The lowest BCUT2D eigenvalue weighted by Gasteiger charge is -2.12. The number of sulfonamides is 1. The number of carbonyl (C=O) groups excluding carboxylic acids is 1. The molecule has 3 aromatic carbocycles. The van der Waals surface area contributed by atoms with Gasteiger partial charge in [0.2, 0.25) is 5.91 Å². The minimum Gasteiger partial charge on any atom is -0.497 e.